The standard InChI is InChI=1S/C22H24FN5OS/c1-15(8-10-24)27-16-4-6-19(17(23)14-16)29-20-9-11-25-18(22(20)30-3)5-7-21-26-12-13-28(21)2/h4-7,9,11-14,27H,1,8,10,24H2,2-3H3/b7-5+. The molecule has 0 fully saturated rings. The predicted octanol–water partition coefficient (Wildman–Crippen LogP) is 4.91. The lowest BCUT2D eigenvalue weighted by Gasteiger charge is -2.14. The molecule has 3 N–H and O–H groups in total. The van der Waals surface area contributed by atoms with Gasteiger partial charge >= 0.3 is 0 Å². The quantitative estimate of drug-likeness (QED) is 0.474. The summed E-state index contributed by atoms with van der Waals surface area (Å²) in [5.74, 6) is 0.990. The maximum absolute atomic E-state index is 14.6. The lowest BCUT2D eigenvalue weighted by atomic mass is 10.2. The van der Waals surface area contributed by atoms with Crippen LogP contribution in [-0.4, -0.2) is 27.3 Å². The van der Waals surface area contributed by atoms with E-state index in [1.807, 2.05) is 36.2 Å². The molecule has 0 saturated heterocycles. The van der Waals surface area contributed by atoms with E-state index in [9.17, 15) is 4.39 Å². The number of aryl methyl sites for hydroxylation is 1. The molecule has 2 aromatic heterocycles. The monoisotopic (exact) mass is 425 g/mol. The van der Waals surface area contributed by atoms with E-state index >= 15 is 0 Å². The van der Waals surface area contributed by atoms with E-state index in [0.717, 1.165) is 22.1 Å². The predicted molar refractivity (Wildman–Crippen MR) is 121 cm³/mol. The van der Waals surface area contributed by atoms with Crippen LogP contribution in [0.5, 0.6) is 11.5 Å². The van der Waals surface area contributed by atoms with Gasteiger partial charge < -0.3 is 20.4 Å². The number of benzene rings is 1. The van der Waals surface area contributed by atoms with E-state index in [1.165, 1.54) is 17.8 Å². The van der Waals surface area contributed by atoms with Gasteiger partial charge in [-0.15, -0.1) is 11.8 Å². The van der Waals surface area contributed by atoms with Crippen LogP contribution in [0.25, 0.3) is 12.2 Å². The van der Waals surface area contributed by atoms with Crippen molar-refractivity contribution in [2.24, 2.45) is 12.8 Å². The second-order valence-corrected chi connectivity index (χ2v) is 7.29. The number of nitrogens with one attached hydrogen (secondary N) is 1. The molecule has 0 spiro atoms. The highest BCUT2D eigenvalue weighted by Gasteiger charge is 2.13. The number of hydrogen-bond acceptors (Lipinski definition) is 6. The summed E-state index contributed by atoms with van der Waals surface area (Å²) < 4.78 is 22.4. The molecule has 0 radical (unpaired) electrons. The minimum atomic E-state index is -0.477. The summed E-state index contributed by atoms with van der Waals surface area (Å²) in [7, 11) is 1.92. The van der Waals surface area contributed by atoms with Crippen molar-refractivity contribution < 1.29 is 9.13 Å². The number of aromatic nitrogens is 3. The highest BCUT2D eigenvalue weighted by molar-refractivity contribution is 7.98. The Morgan fingerprint density at radius 1 is 1.27 bits per heavy atom. The Balaban J connectivity index is 1.82. The Morgan fingerprint density at radius 2 is 2.10 bits per heavy atom. The number of imidazole rings is 1. The maximum atomic E-state index is 14.6. The third-order valence-electron chi connectivity index (χ3n) is 4.27. The summed E-state index contributed by atoms with van der Waals surface area (Å²) in [5, 5.41) is 3.04. The first-order valence-corrected chi connectivity index (χ1v) is 10.5. The van der Waals surface area contributed by atoms with Crippen LogP contribution >= 0.6 is 11.8 Å². The van der Waals surface area contributed by atoms with Gasteiger partial charge in [-0.1, -0.05) is 6.58 Å². The lowest BCUT2D eigenvalue weighted by molar-refractivity contribution is 0.433. The van der Waals surface area contributed by atoms with Gasteiger partial charge in [0.15, 0.2) is 11.6 Å². The fraction of sp³-hybridized carbons (Fsp3) is 0.182. The second-order valence-electron chi connectivity index (χ2n) is 6.47. The molecule has 8 heteroatoms. The molecule has 0 atom stereocenters. The molecule has 0 aliphatic carbocycles. The Hall–Kier alpha value is -3.10. The SMILES string of the molecule is C=C(CCN)Nc1ccc(Oc2ccnc(/C=C/c3nccn3C)c2SC)c(F)c1. The molecular formula is C22H24FN5OS. The highest BCUT2D eigenvalue weighted by atomic mass is 32.2. The first-order valence-electron chi connectivity index (χ1n) is 9.32. The first-order chi connectivity index (χ1) is 14.5. The zero-order valence-electron chi connectivity index (χ0n) is 16.9. The van der Waals surface area contributed by atoms with Crippen molar-refractivity contribution in [2.75, 3.05) is 18.1 Å². The van der Waals surface area contributed by atoms with Crippen molar-refractivity contribution in [2.45, 2.75) is 11.3 Å². The van der Waals surface area contributed by atoms with E-state index in [2.05, 4.69) is 21.9 Å². The summed E-state index contributed by atoms with van der Waals surface area (Å²) in [6, 6.07) is 6.42. The van der Waals surface area contributed by atoms with Crippen LogP contribution in [0.4, 0.5) is 10.1 Å². The fourth-order valence-corrected chi connectivity index (χ4v) is 3.40. The second kappa shape index (κ2) is 10.1. The minimum Gasteiger partial charge on any atom is -0.453 e. The topological polar surface area (TPSA) is 78.0 Å². The van der Waals surface area contributed by atoms with E-state index in [0.29, 0.717) is 24.4 Å². The third kappa shape index (κ3) is 5.28. The third-order valence-corrected chi connectivity index (χ3v) is 5.09. The molecule has 2 heterocycles. The average molecular weight is 426 g/mol. The molecule has 6 nitrogen and oxygen atoms in total. The van der Waals surface area contributed by atoms with Gasteiger partial charge in [-0.05, 0) is 43.5 Å². The molecule has 3 aromatic rings. The van der Waals surface area contributed by atoms with Crippen molar-refractivity contribution in [1.29, 1.82) is 0 Å². The number of anilines is 1. The summed E-state index contributed by atoms with van der Waals surface area (Å²) in [6.45, 7) is 4.34. The van der Waals surface area contributed by atoms with Crippen LogP contribution in [-0.2, 0) is 7.05 Å². The molecule has 0 unspecified atom stereocenters. The minimum absolute atomic E-state index is 0.130. The zero-order valence-corrected chi connectivity index (χ0v) is 17.7. The summed E-state index contributed by atoms with van der Waals surface area (Å²) in [6.07, 6.45) is 11.5. The van der Waals surface area contributed by atoms with E-state index in [4.69, 9.17) is 10.5 Å². The number of nitrogens with two attached hydrogens (primary N) is 1. The van der Waals surface area contributed by atoms with Gasteiger partial charge in [0.2, 0.25) is 0 Å². The molecule has 156 valence electrons. The molecule has 30 heavy (non-hydrogen) atoms. The van der Waals surface area contributed by atoms with Crippen LogP contribution in [0.2, 0.25) is 0 Å². The molecular weight excluding hydrogens is 401 g/mol. The molecule has 0 bridgehead atoms. The maximum Gasteiger partial charge on any atom is 0.167 e. The van der Waals surface area contributed by atoms with E-state index in [1.54, 1.807) is 30.6 Å². The molecule has 0 aliphatic rings. The summed E-state index contributed by atoms with van der Waals surface area (Å²) >= 11 is 1.48. The lowest BCUT2D eigenvalue weighted by Crippen LogP contribution is -2.06. The van der Waals surface area contributed by atoms with Gasteiger partial charge in [0, 0.05) is 49.2 Å². The molecule has 1 aromatic carbocycles. The average Bonchev–Trinajstić information content (AvgIpc) is 3.13. The summed E-state index contributed by atoms with van der Waals surface area (Å²) in [4.78, 5) is 9.50. The fourth-order valence-electron chi connectivity index (χ4n) is 2.76. The van der Waals surface area contributed by atoms with Crippen molar-refractivity contribution in [1.82, 2.24) is 14.5 Å². The van der Waals surface area contributed by atoms with Crippen molar-refractivity contribution in [3.8, 4) is 11.5 Å². The van der Waals surface area contributed by atoms with Crippen LogP contribution in [0.3, 0.4) is 0 Å². The highest BCUT2D eigenvalue weighted by Crippen LogP contribution is 2.35. The van der Waals surface area contributed by atoms with Crippen LogP contribution in [0.1, 0.15) is 17.9 Å². The molecule has 0 amide bonds. The molecule has 0 aliphatic heterocycles. The van der Waals surface area contributed by atoms with Crippen molar-refractivity contribution in [3.63, 3.8) is 0 Å². The van der Waals surface area contributed by atoms with Crippen LogP contribution in [0, 0.1) is 5.82 Å². The number of ether oxygens (including phenoxy) is 1. The van der Waals surface area contributed by atoms with Gasteiger partial charge in [-0.25, -0.2) is 9.37 Å². The van der Waals surface area contributed by atoms with Gasteiger partial charge in [0.05, 0.1) is 10.6 Å². The Labute approximate surface area is 179 Å². The van der Waals surface area contributed by atoms with Gasteiger partial charge in [0.1, 0.15) is 11.6 Å². The number of hydrogen-bond donors (Lipinski definition) is 2. The number of pyridine rings is 1. The van der Waals surface area contributed by atoms with Crippen molar-refractivity contribution in [3.05, 3.63) is 72.5 Å². The van der Waals surface area contributed by atoms with E-state index < -0.39 is 5.82 Å². The first kappa shape index (κ1) is 21.6. The Kier molecular flexibility index (Phi) is 7.26. The number of thioether (sulfide) groups is 1. The number of rotatable bonds is 9. The number of nitrogens with zero attached hydrogens (tertiary/aromatic N) is 3. The smallest absolute Gasteiger partial charge is 0.167 e. The Morgan fingerprint density at radius 3 is 2.77 bits per heavy atom. The normalized spacial score (nSPS) is 11.1. The summed E-state index contributed by atoms with van der Waals surface area (Å²) in [5.41, 5.74) is 7.55. The van der Waals surface area contributed by atoms with Gasteiger partial charge in [0.25, 0.3) is 0 Å². The number of halogens is 1. The van der Waals surface area contributed by atoms with Crippen LogP contribution in [0.15, 0.2) is 60.0 Å². The Bertz CT molecular complexity index is 1060. The molecule has 0 saturated carbocycles. The van der Waals surface area contributed by atoms with Gasteiger partial charge in [-0.3, -0.25) is 4.98 Å². The van der Waals surface area contributed by atoms with Gasteiger partial charge in [-0.2, -0.15) is 0 Å². The largest absolute Gasteiger partial charge is 0.453 e. The zero-order chi connectivity index (χ0) is 21.5. The van der Waals surface area contributed by atoms with Crippen molar-refractivity contribution >= 4 is 29.6 Å². The van der Waals surface area contributed by atoms with Crippen LogP contribution < -0.4 is 15.8 Å². The van der Waals surface area contributed by atoms with E-state index in [-0.39, 0.29) is 5.75 Å². The molecule has 3 rings (SSSR count).